The Kier molecular flexibility index (Phi) is 6.53. The van der Waals surface area contributed by atoms with Crippen LogP contribution in [0.2, 0.25) is 10.0 Å². The molecule has 1 amide bonds. The normalized spacial score (nSPS) is 11.4. The Hall–Kier alpha value is -3.22. The minimum atomic E-state index is -0.207. The van der Waals surface area contributed by atoms with E-state index in [0.717, 1.165) is 21.8 Å². The Morgan fingerprint density at radius 3 is 2.22 bits per heavy atom. The molecular formula is C24H21Cl2N3O3. The van der Waals surface area contributed by atoms with Crippen LogP contribution in [0.5, 0.6) is 11.5 Å². The molecule has 4 rings (SSSR count). The molecule has 0 saturated heterocycles. The van der Waals surface area contributed by atoms with Crippen molar-refractivity contribution in [3.63, 3.8) is 0 Å². The number of ether oxygens (including phenoxy) is 2. The Morgan fingerprint density at radius 1 is 0.969 bits per heavy atom. The number of nitrogens with zero attached hydrogens (tertiary/aromatic N) is 2. The summed E-state index contributed by atoms with van der Waals surface area (Å²) < 4.78 is 12.6. The fourth-order valence-corrected chi connectivity index (χ4v) is 4.02. The highest BCUT2D eigenvalue weighted by atomic mass is 35.5. The van der Waals surface area contributed by atoms with Gasteiger partial charge < -0.3 is 14.0 Å². The molecule has 0 radical (unpaired) electrons. The Labute approximate surface area is 195 Å². The van der Waals surface area contributed by atoms with Crippen molar-refractivity contribution in [2.24, 2.45) is 5.10 Å². The molecule has 0 bridgehead atoms. The molecule has 1 heterocycles. The molecule has 1 aromatic heterocycles. The highest BCUT2D eigenvalue weighted by Crippen LogP contribution is 2.33. The second kappa shape index (κ2) is 9.51. The monoisotopic (exact) mass is 469 g/mol. The second-order valence-corrected chi connectivity index (χ2v) is 8.00. The maximum absolute atomic E-state index is 12.5. The number of rotatable bonds is 7. The zero-order valence-corrected chi connectivity index (χ0v) is 19.1. The summed E-state index contributed by atoms with van der Waals surface area (Å²) in [5.41, 5.74) is 5.25. The summed E-state index contributed by atoms with van der Waals surface area (Å²) >= 11 is 12.4. The Bertz CT molecular complexity index is 1270. The van der Waals surface area contributed by atoms with Crippen LogP contribution in [0.1, 0.15) is 12.0 Å². The van der Waals surface area contributed by atoms with E-state index in [2.05, 4.69) is 15.1 Å². The van der Waals surface area contributed by atoms with Gasteiger partial charge in [0.25, 0.3) is 0 Å². The summed E-state index contributed by atoms with van der Waals surface area (Å²) in [5.74, 6) is 1.09. The molecule has 0 atom stereocenters. The van der Waals surface area contributed by atoms with E-state index in [1.54, 1.807) is 32.4 Å². The first-order valence-corrected chi connectivity index (χ1v) is 10.7. The predicted molar refractivity (Wildman–Crippen MR) is 129 cm³/mol. The zero-order chi connectivity index (χ0) is 22.7. The lowest BCUT2D eigenvalue weighted by atomic mass is 10.1. The van der Waals surface area contributed by atoms with Crippen molar-refractivity contribution in [2.75, 3.05) is 14.2 Å². The molecule has 32 heavy (non-hydrogen) atoms. The molecule has 1 N–H and O–H groups in total. The summed E-state index contributed by atoms with van der Waals surface area (Å²) in [5, 5.41) is 7.37. The van der Waals surface area contributed by atoms with Gasteiger partial charge in [0, 0.05) is 50.4 Å². The molecule has 3 aromatic carbocycles. The number of carbonyl (C=O) groups is 1. The van der Waals surface area contributed by atoms with Crippen molar-refractivity contribution in [2.45, 2.75) is 13.0 Å². The van der Waals surface area contributed by atoms with Gasteiger partial charge in [-0.1, -0.05) is 23.2 Å². The highest BCUT2D eigenvalue weighted by Gasteiger charge is 2.13. The van der Waals surface area contributed by atoms with Gasteiger partial charge in [-0.05, 0) is 54.6 Å². The average molecular weight is 470 g/mol. The number of nitrogens with one attached hydrogen (secondary N) is 1. The molecule has 0 aliphatic heterocycles. The lowest BCUT2D eigenvalue weighted by Crippen LogP contribution is -2.19. The lowest BCUT2D eigenvalue weighted by Gasteiger charge is -2.08. The van der Waals surface area contributed by atoms with Gasteiger partial charge in [-0.15, -0.1) is 0 Å². The molecule has 0 saturated carbocycles. The van der Waals surface area contributed by atoms with Crippen molar-refractivity contribution in [1.82, 2.24) is 9.99 Å². The van der Waals surface area contributed by atoms with Crippen LogP contribution >= 0.6 is 23.2 Å². The summed E-state index contributed by atoms with van der Waals surface area (Å²) in [7, 11) is 3.16. The van der Waals surface area contributed by atoms with Crippen LogP contribution in [0, 0.1) is 0 Å². The maximum atomic E-state index is 12.5. The van der Waals surface area contributed by atoms with Crippen molar-refractivity contribution < 1.29 is 14.3 Å². The Morgan fingerprint density at radius 2 is 1.62 bits per heavy atom. The minimum absolute atomic E-state index is 0.207. The molecule has 4 aromatic rings. The quantitative estimate of drug-likeness (QED) is 0.280. The topological polar surface area (TPSA) is 64.8 Å². The third-order valence-electron chi connectivity index (χ3n) is 5.18. The van der Waals surface area contributed by atoms with Gasteiger partial charge in [0.2, 0.25) is 5.91 Å². The molecule has 0 aliphatic carbocycles. The number of aromatic nitrogens is 1. The summed E-state index contributed by atoms with van der Waals surface area (Å²) in [4.78, 5) is 12.5. The standard InChI is InChI=1S/C24H21Cl2N3O3/c1-31-18-5-8-23(32-2)15(11-18)14-27-28-24(30)9-10-29-21-6-3-16(25)12-19(21)20-13-17(26)4-7-22(20)29/h3-8,11-14H,9-10H2,1-2H3,(H,28,30)/b27-14+. The number of hydrazone groups is 1. The second-order valence-electron chi connectivity index (χ2n) is 7.13. The molecule has 8 heteroatoms. The van der Waals surface area contributed by atoms with E-state index >= 15 is 0 Å². The van der Waals surface area contributed by atoms with E-state index < -0.39 is 0 Å². The van der Waals surface area contributed by atoms with E-state index in [1.165, 1.54) is 6.21 Å². The number of aryl methyl sites for hydroxylation is 1. The van der Waals surface area contributed by atoms with Crippen molar-refractivity contribution >= 4 is 57.1 Å². The molecule has 0 spiro atoms. The highest BCUT2D eigenvalue weighted by molar-refractivity contribution is 6.33. The van der Waals surface area contributed by atoms with E-state index in [1.807, 2.05) is 36.4 Å². The predicted octanol–water partition coefficient (Wildman–Crippen LogP) is 5.66. The van der Waals surface area contributed by atoms with Crippen LogP contribution < -0.4 is 14.9 Å². The molecule has 0 fully saturated rings. The number of methoxy groups -OCH3 is 2. The van der Waals surface area contributed by atoms with Gasteiger partial charge >= 0.3 is 0 Å². The molecular weight excluding hydrogens is 449 g/mol. The van der Waals surface area contributed by atoms with Crippen molar-refractivity contribution in [3.8, 4) is 11.5 Å². The number of hydrogen-bond acceptors (Lipinski definition) is 4. The fourth-order valence-electron chi connectivity index (χ4n) is 3.67. The van der Waals surface area contributed by atoms with Crippen LogP contribution in [0.4, 0.5) is 0 Å². The Balaban J connectivity index is 1.50. The SMILES string of the molecule is COc1ccc(OC)c(/C=N/NC(=O)CCn2c3ccc(Cl)cc3c3cc(Cl)ccc32)c1. The average Bonchev–Trinajstić information content (AvgIpc) is 3.09. The molecule has 6 nitrogen and oxygen atoms in total. The fraction of sp³-hybridized carbons (Fsp3) is 0.167. The van der Waals surface area contributed by atoms with Crippen LogP contribution in [0.3, 0.4) is 0 Å². The van der Waals surface area contributed by atoms with E-state index in [-0.39, 0.29) is 12.3 Å². The first kappa shape index (κ1) is 22.0. The van der Waals surface area contributed by atoms with Gasteiger partial charge in [0.1, 0.15) is 11.5 Å². The van der Waals surface area contributed by atoms with Crippen LogP contribution in [-0.2, 0) is 11.3 Å². The number of carbonyl (C=O) groups excluding carboxylic acids is 1. The molecule has 164 valence electrons. The number of halogens is 2. The van der Waals surface area contributed by atoms with Crippen LogP contribution in [0.15, 0.2) is 59.7 Å². The first-order valence-electron chi connectivity index (χ1n) is 9.91. The first-order chi connectivity index (χ1) is 15.5. The maximum Gasteiger partial charge on any atom is 0.241 e. The van der Waals surface area contributed by atoms with Crippen molar-refractivity contribution in [3.05, 3.63) is 70.2 Å². The van der Waals surface area contributed by atoms with Crippen molar-refractivity contribution in [1.29, 1.82) is 0 Å². The van der Waals surface area contributed by atoms with Gasteiger partial charge in [-0.25, -0.2) is 5.43 Å². The minimum Gasteiger partial charge on any atom is -0.497 e. The number of benzene rings is 3. The summed E-state index contributed by atoms with van der Waals surface area (Å²) in [6, 6.07) is 16.8. The summed E-state index contributed by atoms with van der Waals surface area (Å²) in [6.07, 6.45) is 1.78. The van der Waals surface area contributed by atoms with Gasteiger partial charge in [0.15, 0.2) is 0 Å². The number of amides is 1. The molecule has 0 aliphatic rings. The summed E-state index contributed by atoms with van der Waals surface area (Å²) in [6.45, 7) is 0.479. The lowest BCUT2D eigenvalue weighted by molar-refractivity contribution is -0.121. The largest absolute Gasteiger partial charge is 0.497 e. The zero-order valence-electron chi connectivity index (χ0n) is 17.6. The third kappa shape index (κ3) is 4.52. The van der Waals surface area contributed by atoms with Gasteiger partial charge in [-0.3, -0.25) is 4.79 Å². The number of hydrogen-bond donors (Lipinski definition) is 1. The third-order valence-corrected chi connectivity index (χ3v) is 5.65. The van der Waals surface area contributed by atoms with Crippen LogP contribution in [-0.4, -0.2) is 30.9 Å². The van der Waals surface area contributed by atoms with Gasteiger partial charge in [0.05, 0.1) is 20.4 Å². The smallest absolute Gasteiger partial charge is 0.241 e. The van der Waals surface area contributed by atoms with E-state index in [4.69, 9.17) is 32.7 Å². The van der Waals surface area contributed by atoms with Gasteiger partial charge in [-0.2, -0.15) is 5.10 Å². The van der Waals surface area contributed by atoms with Crippen LogP contribution in [0.25, 0.3) is 21.8 Å². The van der Waals surface area contributed by atoms with E-state index in [9.17, 15) is 4.79 Å². The van der Waals surface area contributed by atoms with E-state index in [0.29, 0.717) is 33.7 Å². The molecule has 0 unspecified atom stereocenters. The number of fused-ring (bicyclic) bond motifs is 3.